The van der Waals surface area contributed by atoms with Crippen LogP contribution < -0.4 is 0 Å². The molecule has 0 aromatic heterocycles. The molecule has 1 aliphatic rings. The summed E-state index contributed by atoms with van der Waals surface area (Å²) in [5.41, 5.74) is 0. The third-order valence-electron chi connectivity index (χ3n) is 2.71. The molecule has 1 saturated carbocycles. The van der Waals surface area contributed by atoms with Gasteiger partial charge >= 0.3 is 0 Å². The van der Waals surface area contributed by atoms with Crippen molar-refractivity contribution in [3.05, 3.63) is 0 Å². The summed E-state index contributed by atoms with van der Waals surface area (Å²) in [6, 6.07) is 0. The maximum absolute atomic E-state index is 13.4. The van der Waals surface area contributed by atoms with E-state index in [1.165, 1.54) is 6.42 Å². The van der Waals surface area contributed by atoms with Gasteiger partial charge in [0.2, 0.25) is 0 Å². The Morgan fingerprint density at radius 3 is 2.55 bits per heavy atom. The first-order valence-electron chi connectivity index (χ1n) is 4.49. The topological polar surface area (TPSA) is 0 Å². The summed E-state index contributed by atoms with van der Waals surface area (Å²) >= 11 is 0. The van der Waals surface area contributed by atoms with Gasteiger partial charge in [-0.05, 0) is 37.5 Å². The van der Waals surface area contributed by atoms with Gasteiger partial charge in [-0.15, -0.1) is 0 Å². The molecule has 1 aliphatic carbocycles. The maximum atomic E-state index is 13.4. The highest BCUT2D eigenvalue weighted by Gasteiger charge is 2.32. The fourth-order valence-corrected chi connectivity index (χ4v) is 2.37. The average Bonchev–Trinajstić information content (AvgIpc) is 1.85. The predicted octanol–water partition coefficient (Wildman–Crippen LogP) is 3.37. The zero-order valence-corrected chi connectivity index (χ0v) is 8.59. The third-order valence-corrected chi connectivity index (χ3v) is 3.24. The van der Waals surface area contributed by atoms with Gasteiger partial charge in [-0.3, -0.25) is 0 Å². The lowest BCUT2D eigenvalue weighted by Gasteiger charge is -2.33. The van der Waals surface area contributed by atoms with E-state index in [9.17, 15) is 4.39 Å². The summed E-state index contributed by atoms with van der Waals surface area (Å²) in [5, 5.41) is -0.951. The standard InChI is InChI=1S/C9H18FP/c1-7(2)8-4-3-5-9(10,11)6-8/h7-8H,3-6,11H2,1-2H3. The van der Waals surface area contributed by atoms with Crippen molar-refractivity contribution in [1.29, 1.82) is 0 Å². The van der Waals surface area contributed by atoms with Crippen LogP contribution in [-0.4, -0.2) is 5.41 Å². The summed E-state index contributed by atoms with van der Waals surface area (Å²) < 4.78 is 13.4. The molecule has 3 atom stereocenters. The number of hydrogen-bond acceptors (Lipinski definition) is 0. The van der Waals surface area contributed by atoms with Crippen molar-refractivity contribution in [1.82, 2.24) is 0 Å². The SMILES string of the molecule is CC(C)C1CCCC(F)(P)C1. The molecule has 0 saturated heterocycles. The highest BCUT2D eigenvalue weighted by atomic mass is 31.0. The zero-order valence-electron chi connectivity index (χ0n) is 7.44. The molecule has 0 aromatic rings. The maximum Gasteiger partial charge on any atom is 0.124 e. The van der Waals surface area contributed by atoms with E-state index in [0.717, 1.165) is 19.3 Å². The van der Waals surface area contributed by atoms with Gasteiger partial charge in [0, 0.05) is 0 Å². The molecule has 66 valence electrons. The minimum absolute atomic E-state index is 0.603. The zero-order chi connectivity index (χ0) is 8.48. The lowest BCUT2D eigenvalue weighted by atomic mass is 9.80. The van der Waals surface area contributed by atoms with Crippen molar-refractivity contribution < 1.29 is 4.39 Å². The van der Waals surface area contributed by atoms with Gasteiger partial charge in [0.1, 0.15) is 5.41 Å². The van der Waals surface area contributed by atoms with E-state index >= 15 is 0 Å². The van der Waals surface area contributed by atoms with Crippen molar-refractivity contribution in [3.8, 4) is 0 Å². The summed E-state index contributed by atoms with van der Waals surface area (Å²) in [5.74, 6) is 1.25. The van der Waals surface area contributed by atoms with Crippen LogP contribution in [0.3, 0.4) is 0 Å². The molecule has 0 bridgehead atoms. The molecule has 1 rings (SSSR count). The van der Waals surface area contributed by atoms with Crippen LogP contribution in [0.2, 0.25) is 0 Å². The van der Waals surface area contributed by atoms with E-state index in [4.69, 9.17) is 0 Å². The van der Waals surface area contributed by atoms with Gasteiger partial charge < -0.3 is 0 Å². The summed E-state index contributed by atoms with van der Waals surface area (Å²) in [6.45, 7) is 4.38. The number of hydrogen-bond donors (Lipinski definition) is 0. The van der Waals surface area contributed by atoms with Crippen LogP contribution in [0.25, 0.3) is 0 Å². The second-order valence-corrected chi connectivity index (χ2v) is 5.17. The van der Waals surface area contributed by atoms with Gasteiger partial charge in [-0.2, -0.15) is 0 Å². The smallest absolute Gasteiger partial charge is 0.124 e. The Morgan fingerprint density at radius 2 is 2.18 bits per heavy atom. The van der Waals surface area contributed by atoms with Crippen LogP contribution in [0.1, 0.15) is 39.5 Å². The Balaban J connectivity index is 2.46. The number of rotatable bonds is 1. The molecule has 0 heterocycles. The molecule has 3 unspecified atom stereocenters. The van der Waals surface area contributed by atoms with E-state index in [-0.39, 0.29) is 0 Å². The van der Waals surface area contributed by atoms with E-state index < -0.39 is 5.41 Å². The minimum Gasteiger partial charge on any atom is -0.240 e. The number of halogens is 1. The summed E-state index contributed by atoms with van der Waals surface area (Å²) in [6.07, 6.45) is 3.76. The molecule has 0 spiro atoms. The summed E-state index contributed by atoms with van der Waals surface area (Å²) in [4.78, 5) is 0. The molecule has 0 amide bonds. The molecular weight excluding hydrogens is 158 g/mol. The normalized spacial score (nSPS) is 39.5. The Labute approximate surface area is 71.1 Å². The third kappa shape index (κ3) is 2.71. The van der Waals surface area contributed by atoms with Crippen LogP contribution in [0.4, 0.5) is 4.39 Å². The highest BCUT2D eigenvalue weighted by Crippen LogP contribution is 2.42. The Hall–Kier alpha value is 0.360. The first-order valence-corrected chi connectivity index (χ1v) is 5.07. The van der Waals surface area contributed by atoms with E-state index in [1.54, 1.807) is 0 Å². The lowest BCUT2D eigenvalue weighted by molar-refractivity contribution is 0.138. The van der Waals surface area contributed by atoms with Crippen molar-refractivity contribution >= 4 is 9.24 Å². The first-order chi connectivity index (χ1) is 5.01. The fraction of sp³-hybridized carbons (Fsp3) is 1.00. The largest absolute Gasteiger partial charge is 0.240 e. The van der Waals surface area contributed by atoms with Gasteiger partial charge in [0.15, 0.2) is 0 Å². The molecule has 0 radical (unpaired) electrons. The average molecular weight is 176 g/mol. The Kier molecular flexibility index (Phi) is 2.91. The number of alkyl halides is 1. The van der Waals surface area contributed by atoms with E-state index in [0.29, 0.717) is 11.8 Å². The molecular formula is C9H18FP. The van der Waals surface area contributed by atoms with Crippen LogP contribution >= 0.6 is 9.24 Å². The van der Waals surface area contributed by atoms with Gasteiger partial charge in [-0.1, -0.05) is 23.1 Å². The molecule has 1 fully saturated rings. The van der Waals surface area contributed by atoms with Gasteiger partial charge in [0.05, 0.1) is 0 Å². The fourth-order valence-electron chi connectivity index (χ4n) is 1.87. The van der Waals surface area contributed by atoms with Gasteiger partial charge in [-0.25, -0.2) is 4.39 Å². The lowest BCUT2D eigenvalue weighted by Crippen LogP contribution is -2.27. The molecule has 0 nitrogen and oxygen atoms in total. The van der Waals surface area contributed by atoms with Crippen LogP contribution in [0, 0.1) is 11.8 Å². The minimum atomic E-state index is -0.951. The molecule has 0 aliphatic heterocycles. The van der Waals surface area contributed by atoms with Crippen LogP contribution in [0.5, 0.6) is 0 Å². The molecule has 11 heavy (non-hydrogen) atoms. The van der Waals surface area contributed by atoms with Crippen LogP contribution in [-0.2, 0) is 0 Å². The van der Waals surface area contributed by atoms with Crippen molar-refractivity contribution in [2.24, 2.45) is 11.8 Å². The predicted molar refractivity (Wildman–Crippen MR) is 50.3 cm³/mol. The molecule has 2 heteroatoms. The van der Waals surface area contributed by atoms with Gasteiger partial charge in [0.25, 0.3) is 0 Å². The molecule has 0 N–H and O–H groups in total. The first kappa shape index (κ1) is 9.45. The van der Waals surface area contributed by atoms with Crippen molar-refractivity contribution in [2.45, 2.75) is 44.9 Å². The van der Waals surface area contributed by atoms with Crippen LogP contribution in [0.15, 0.2) is 0 Å². The second-order valence-electron chi connectivity index (χ2n) is 4.14. The van der Waals surface area contributed by atoms with E-state index in [1.807, 2.05) is 0 Å². The molecule has 0 aromatic carbocycles. The van der Waals surface area contributed by atoms with Crippen molar-refractivity contribution in [3.63, 3.8) is 0 Å². The van der Waals surface area contributed by atoms with Crippen molar-refractivity contribution in [2.75, 3.05) is 0 Å². The quantitative estimate of drug-likeness (QED) is 0.537. The highest BCUT2D eigenvalue weighted by molar-refractivity contribution is 7.18. The Bertz CT molecular complexity index is 132. The van der Waals surface area contributed by atoms with E-state index in [2.05, 4.69) is 23.1 Å². The summed E-state index contributed by atoms with van der Waals surface area (Å²) in [7, 11) is 2.37. The Morgan fingerprint density at radius 1 is 1.55 bits per heavy atom. The second kappa shape index (κ2) is 3.39. The monoisotopic (exact) mass is 176 g/mol.